The van der Waals surface area contributed by atoms with E-state index in [0.29, 0.717) is 18.9 Å². The number of nitrogens with zero attached hydrogens (tertiary/aromatic N) is 2. The van der Waals surface area contributed by atoms with E-state index in [-0.39, 0.29) is 17.5 Å². The molecule has 1 aromatic heterocycles. The average Bonchev–Trinajstić information content (AvgIpc) is 3.14. The van der Waals surface area contributed by atoms with Crippen molar-refractivity contribution in [3.63, 3.8) is 0 Å². The van der Waals surface area contributed by atoms with Gasteiger partial charge in [-0.25, -0.2) is 13.4 Å². The Hall–Kier alpha value is -1.67. The molecule has 25 heavy (non-hydrogen) atoms. The van der Waals surface area contributed by atoms with Gasteiger partial charge in [-0.3, -0.25) is 4.99 Å². The number of thiazole rings is 1. The molecule has 136 valence electrons. The summed E-state index contributed by atoms with van der Waals surface area (Å²) in [6, 6.07) is 8.14. The number of rotatable bonds is 6. The maximum Gasteiger partial charge on any atom is 0.191 e. The molecular formula is C17H24N4O2S2. The third-order valence-corrected chi connectivity index (χ3v) is 6.94. The van der Waals surface area contributed by atoms with E-state index < -0.39 is 9.84 Å². The molecule has 1 aromatic carbocycles. The molecule has 1 saturated heterocycles. The first-order valence-corrected chi connectivity index (χ1v) is 11.3. The van der Waals surface area contributed by atoms with E-state index in [1.54, 1.807) is 11.3 Å². The molecule has 6 nitrogen and oxygen atoms in total. The van der Waals surface area contributed by atoms with Crippen molar-refractivity contribution in [1.29, 1.82) is 0 Å². The van der Waals surface area contributed by atoms with Gasteiger partial charge in [-0.1, -0.05) is 12.1 Å². The van der Waals surface area contributed by atoms with Crippen LogP contribution in [0.4, 0.5) is 0 Å². The normalized spacial score (nSPS) is 20.0. The monoisotopic (exact) mass is 380 g/mol. The maximum atomic E-state index is 11.6. The number of nitrogens with one attached hydrogen (secondary N) is 2. The number of aromatic nitrogens is 1. The fourth-order valence-corrected chi connectivity index (χ4v) is 5.55. The van der Waals surface area contributed by atoms with Crippen molar-refractivity contribution >= 4 is 37.4 Å². The molecule has 3 rings (SSSR count). The van der Waals surface area contributed by atoms with Crippen LogP contribution in [0.5, 0.6) is 0 Å². The quantitative estimate of drug-likeness (QED) is 0.455. The zero-order valence-corrected chi connectivity index (χ0v) is 16.0. The lowest BCUT2D eigenvalue weighted by Crippen LogP contribution is -2.44. The van der Waals surface area contributed by atoms with Crippen LogP contribution < -0.4 is 10.6 Å². The molecule has 2 N–H and O–H groups in total. The highest BCUT2D eigenvalue weighted by molar-refractivity contribution is 7.91. The first-order valence-electron chi connectivity index (χ1n) is 8.65. The van der Waals surface area contributed by atoms with E-state index in [1.165, 1.54) is 4.70 Å². The number of hydrogen-bond acceptors (Lipinski definition) is 5. The summed E-state index contributed by atoms with van der Waals surface area (Å²) in [6.45, 7) is 3.44. The van der Waals surface area contributed by atoms with Gasteiger partial charge in [-0.15, -0.1) is 11.3 Å². The highest BCUT2D eigenvalue weighted by Gasteiger charge is 2.28. The van der Waals surface area contributed by atoms with Crippen molar-refractivity contribution in [1.82, 2.24) is 15.6 Å². The minimum atomic E-state index is -2.88. The van der Waals surface area contributed by atoms with Gasteiger partial charge in [0.1, 0.15) is 0 Å². The van der Waals surface area contributed by atoms with Crippen molar-refractivity contribution in [3.8, 4) is 0 Å². The summed E-state index contributed by atoms with van der Waals surface area (Å²) >= 11 is 1.73. The fraction of sp³-hybridized carbons (Fsp3) is 0.529. The lowest BCUT2D eigenvalue weighted by molar-refractivity contribution is 0.599. The molecule has 0 aliphatic carbocycles. The summed E-state index contributed by atoms with van der Waals surface area (Å²) in [7, 11) is -2.88. The second-order valence-electron chi connectivity index (χ2n) is 6.18. The van der Waals surface area contributed by atoms with Crippen molar-refractivity contribution in [2.75, 3.05) is 24.6 Å². The van der Waals surface area contributed by atoms with Crippen molar-refractivity contribution in [3.05, 3.63) is 29.3 Å². The number of benzene rings is 1. The first kappa shape index (κ1) is 18.1. The minimum absolute atomic E-state index is 0.0351. The lowest BCUT2D eigenvalue weighted by Gasteiger charge is -2.15. The second-order valence-corrected chi connectivity index (χ2v) is 9.53. The Labute approximate surface area is 152 Å². The number of guanidine groups is 1. The number of hydrogen-bond donors (Lipinski definition) is 2. The summed E-state index contributed by atoms with van der Waals surface area (Å²) in [4.78, 5) is 9.21. The molecule has 8 heteroatoms. The molecule has 2 aromatic rings. The molecule has 1 atom stereocenters. The number of sulfone groups is 1. The van der Waals surface area contributed by atoms with Crippen LogP contribution in [0, 0.1) is 0 Å². The van der Waals surface area contributed by atoms with Crippen LogP contribution in [0.25, 0.3) is 10.2 Å². The molecule has 0 spiro atoms. The van der Waals surface area contributed by atoms with Gasteiger partial charge in [0, 0.05) is 25.6 Å². The molecule has 0 amide bonds. The van der Waals surface area contributed by atoms with Gasteiger partial charge in [0.2, 0.25) is 0 Å². The van der Waals surface area contributed by atoms with Gasteiger partial charge in [-0.05, 0) is 31.9 Å². The molecule has 0 radical (unpaired) electrons. The van der Waals surface area contributed by atoms with Gasteiger partial charge >= 0.3 is 0 Å². The fourth-order valence-electron chi connectivity index (χ4n) is 2.87. The van der Waals surface area contributed by atoms with Gasteiger partial charge in [0.05, 0.1) is 26.7 Å². The van der Waals surface area contributed by atoms with Crippen molar-refractivity contribution < 1.29 is 8.42 Å². The summed E-state index contributed by atoms with van der Waals surface area (Å²) in [5, 5.41) is 7.56. The molecular weight excluding hydrogens is 356 g/mol. The Kier molecular flexibility index (Phi) is 5.90. The van der Waals surface area contributed by atoms with E-state index >= 15 is 0 Å². The Morgan fingerprint density at radius 1 is 1.40 bits per heavy atom. The molecule has 0 saturated carbocycles. The van der Waals surface area contributed by atoms with Crippen LogP contribution in [-0.2, 0) is 16.3 Å². The number of fused-ring (bicyclic) bond motifs is 1. The topological polar surface area (TPSA) is 83.4 Å². The average molecular weight is 381 g/mol. The largest absolute Gasteiger partial charge is 0.357 e. The number of aliphatic imine (C=N–C) groups is 1. The molecule has 1 unspecified atom stereocenters. The van der Waals surface area contributed by atoms with Gasteiger partial charge in [0.15, 0.2) is 15.8 Å². The van der Waals surface area contributed by atoms with Crippen LogP contribution in [0.2, 0.25) is 0 Å². The van der Waals surface area contributed by atoms with Gasteiger partial charge in [0.25, 0.3) is 0 Å². The van der Waals surface area contributed by atoms with Gasteiger partial charge in [-0.2, -0.15) is 0 Å². The van der Waals surface area contributed by atoms with E-state index in [0.717, 1.165) is 29.9 Å². The van der Waals surface area contributed by atoms with E-state index in [2.05, 4.69) is 26.7 Å². The predicted molar refractivity (Wildman–Crippen MR) is 104 cm³/mol. The zero-order valence-electron chi connectivity index (χ0n) is 14.4. The Bertz CT molecular complexity index is 812. The van der Waals surface area contributed by atoms with E-state index in [4.69, 9.17) is 0 Å². The van der Waals surface area contributed by atoms with Crippen LogP contribution >= 0.6 is 11.3 Å². The van der Waals surface area contributed by atoms with Crippen LogP contribution in [0.1, 0.15) is 24.8 Å². The van der Waals surface area contributed by atoms with Crippen LogP contribution in [0.3, 0.4) is 0 Å². The van der Waals surface area contributed by atoms with Gasteiger partial charge < -0.3 is 10.6 Å². The molecule has 2 heterocycles. The highest BCUT2D eigenvalue weighted by Crippen LogP contribution is 2.22. The number of para-hydroxylation sites is 1. The van der Waals surface area contributed by atoms with Crippen molar-refractivity contribution in [2.24, 2.45) is 4.99 Å². The molecule has 0 bridgehead atoms. The molecule has 1 aliphatic rings. The Balaban J connectivity index is 1.51. The first-order chi connectivity index (χ1) is 12.1. The summed E-state index contributed by atoms with van der Waals surface area (Å²) < 4.78 is 24.4. The lowest BCUT2D eigenvalue weighted by atomic mass is 10.3. The minimum Gasteiger partial charge on any atom is -0.357 e. The summed E-state index contributed by atoms with van der Waals surface area (Å²) in [5.41, 5.74) is 1.06. The Morgan fingerprint density at radius 2 is 2.24 bits per heavy atom. The standard InChI is InChI=1S/C17H24N4O2S2/c1-2-18-17(20-13-9-11-25(22,23)12-13)19-10-5-8-16-21-14-6-3-4-7-15(14)24-16/h3-4,6-7,13H,2,5,8-12H2,1H3,(H2,18,19,20). The predicted octanol–water partition coefficient (Wildman–Crippen LogP) is 1.97. The molecule has 1 aliphatic heterocycles. The van der Waals surface area contributed by atoms with E-state index in [9.17, 15) is 8.42 Å². The van der Waals surface area contributed by atoms with Crippen LogP contribution in [0.15, 0.2) is 29.3 Å². The van der Waals surface area contributed by atoms with Crippen molar-refractivity contribution in [2.45, 2.75) is 32.2 Å². The zero-order chi connectivity index (χ0) is 17.7. The Morgan fingerprint density at radius 3 is 2.96 bits per heavy atom. The summed E-state index contributed by atoms with van der Waals surface area (Å²) in [5.74, 6) is 1.17. The summed E-state index contributed by atoms with van der Waals surface area (Å²) in [6.07, 6.45) is 2.47. The highest BCUT2D eigenvalue weighted by atomic mass is 32.2. The SMILES string of the molecule is CCNC(=NCCCc1nc2ccccc2s1)NC1CCS(=O)(=O)C1. The second kappa shape index (κ2) is 8.14. The number of aryl methyl sites for hydroxylation is 1. The third-order valence-electron chi connectivity index (χ3n) is 4.07. The van der Waals surface area contributed by atoms with E-state index in [1.807, 2.05) is 25.1 Å². The smallest absolute Gasteiger partial charge is 0.191 e. The molecule has 1 fully saturated rings. The maximum absolute atomic E-state index is 11.6. The van der Waals surface area contributed by atoms with Crippen LogP contribution in [-0.4, -0.2) is 50.0 Å². The third kappa shape index (κ3) is 5.15.